The Bertz CT molecular complexity index is 566. The molecule has 20 heavy (non-hydrogen) atoms. The second-order valence-electron chi connectivity index (χ2n) is 4.11. The molecule has 0 aliphatic rings. The minimum Gasteiger partial charge on any atom is -0.469 e. The number of nitrogens with zero attached hydrogens (tertiary/aromatic N) is 2. The van der Waals surface area contributed by atoms with Gasteiger partial charge in [0.05, 0.1) is 17.7 Å². The molecule has 0 saturated heterocycles. The third-order valence-electron chi connectivity index (χ3n) is 2.60. The number of hydrogen-bond acceptors (Lipinski definition) is 4. The van der Waals surface area contributed by atoms with Crippen molar-refractivity contribution in [3.8, 4) is 0 Å². The highest BCUT2D eigenvalue weighted by Crippen LogP contribution is 1.99. The molecule has 2 aromatic rings. The average molecular weight is 288 g/mol. The molecular weight excluding hydrogens is 272 g/mol. The molecule has 0 spiro atoms. The van der Waals surface area contributed by atoms with Crippen LogP contribution in [0.4, 0.5) is 0 Å². The van der Waals surface area contributed by atoms with E-state index in [1.807, 2.05) is 37.3 Å². The number of hydrogen-bond donors (Lipinski definition) is 2. The molecule has 6 heteroatoms. The van der Waals surface area contributed by atoms with E-state index in [0.29, 0.717) is 11.7 Å². The standard InChI is InChI=1S/C14H16N4OS/c1-11(13-6-2-3-8-15-13)17-18-14(20)16-9-7-12-5-4-10-19-12/h2-6,8,10H,7,9H2,1H3,(H2,16,18,20). The summed E-state index contributed by atoms with van der Waals surface area (Å²) in [4.78, 5) is 4.21. The van der Waals surface area contributed by atoms with Gasteiger partial charge in [-0.25, -0.2) is 0 Å². The van der Waals surface area contributed by atoms with Crippen molar-refractivity contribution in [2.75, 3.05) is 6.54 Å². The van der Waals surface area contributed by atoms with Crippen LogP contribution in [-0.4, -0.2) is 22.4 Å². The van der Waals surface area contributed by atoms with E-state index in [9.17, 15) is 0 Å². The summed E-state index contributed by atoms with van der Waals surface area (Å²) in [6, 6.07) is 9.48. The molecule has 5 nitrogen and oxygen atoms in total. The van der Waals surface area contributed by atoms with Crippen molar-refractivity contribution in [1.29, 1.82) is 0 Å². The SMILES string of the molecule is CC(=NNC(=S)NCCc1ccco1)c1ccccn1. The number of aromatic nitrogens is 1. The minimum absolute atomic E-state index is 0.479. The summed E-state index contributed by atoms with van der Waals surface area (Å²) in [5.41, 5.74) is 4.40. The third-order valence-corrected chi connectivity index (χ3v) is 2.83. The fourth-order valence-electron chi connectivity index (χ4n) is 1.56. The van der Waals surface area contributed by atoms with Gasteiger partial charge in [0.2, 0.25) is 0 Å². The van der Waals surface area contributed by atoms with Crippen LogP contribution >= 0.6 is 12.2 Å². The summed E-state index contributed by atoms with van der Waals surface area (Å²) in [5.74, 6) is 0.925. The Morgan fingerprint density at radius 2 is 2.25 bits per heavy atom. The van der Waals surface area contributed by atoms with E-state index in [1.54, 1.807) is 12.5 Å². The summed E-state index contributed by atoms with van der Waals surface area (Å²) < 4.78 is 5.23. The van der Waals surface area contributed by atoms with Gasteiger partial charge in [0.25, 0.3) is 0 Å². The summed E-state index contributed by atoms with van der Waals surface area (Å²) in [7, 11) is 0. The Morgan fingerprint density at radius 3 is 2.95 bits per heavy atom. The molecule has 2 heterocycles. The maximum absolute atomic E-state index is 5.23. The molecule has 2 rings (SSSR count). The molecule has 0 saturated carbocycles. The van der Waals surface area contributed by atoms with E-state index >= 15 is 0 Å². The second-order valence-corrected chi connectivity index (χ2v) is 4.52. The van der Waals surface area contributed by atoms with Crippen LogP contribution in [0.2, 0.25) is 0 Å². The first-order valence-corrected chi connectivity index (χ1v) is 6.68. The van der Waals surface area contributed by atoms with Gasteiger partial charge in [0.15, 0.2) is 5.11 Å². The van der Waals surface area contributed by atoms with E-state index in [4.69, 9.17) is 16.6 Å². The van der Waals surface area contributed by atoms with E-state index in [0.717, 1.165) is 23.6 Å². The number of nitrogens with one attached hydrogen (secondary N) is 2. The van der Waals surface area contributed by atoms with Gasteiger partial charge in [-0.1, -0.05) is 6.07 Å². The largest absolute Gasteiger partial charge is 0.469 e. The zero-order valence-electron chi connectivity index (χ0n) is 11.2. The Labute approximate surface area is 123 Å². The number of rotatable bonds is 5. The molecule has 0 aliphatic heterocycles. The Kier molecular flexibility index (Phi) is 5.25. The number of furan rings is 1. The fraction of sp³-hybridized carbons (Fsp3) is 0.214. The smallest absolute Gasteiger partial charge is 0.186 e. The van der Waals surface area contributed by atoms with Gasteiger partial charge in [-0.2, -0.15) is 5.10 Å². The Balaban J connectivity index is 1.74. The quantitative estimate of drug-likeness (QED) is 0.501. The molecule has 104 valence electrons. The first kappa shape index (κ1) is 14.2. The highest BCUT2D eigenvalue weighted by atomic mass is 32.1. The van der Waals surface area contributed by atoms with E-state index in [-0.39, 0.29) is 0 Å². The van der Waals surface area contributed by atoms with Gasteiger partial charge < -0.3 is 9.73 Å². The van der Waals surface area contributed by atoms with Crippen LogP contribution in [0.3, 0.4) is 0 Å². The van der Waals surface area contributed by atoms with Gasteiger partial charge in [0.1, 0.15) is 5.76 Å². The van der Waals surface area contributed by atoms with Crippen LogP contribution in [0.15, 0.2) is 52.3 Å². The lowest BCUT2D eigenvalue weighted by Gasteiger charge is -2.06. The molecule has 2 N–H and O–H groups in total. The van der Waals surface area contributed by atoms with Crippen molar-refractivity contribution in [3.63, 3.8) is 0 Å². The average Bonchev–Trinajstić information content (AvgIpc) is 2.99. The van der Waals surface area contributed by atoms with Crippen molar-refractivity contribution >= 4 is 23.0 Å². The number of thiocarbonyl (C=S) groups is 1. The normalized spacial score (nSPS) is 11.2. The summed E-state index contributed by atoms with van der Waals surface area (Å²) in [6.45, 7) is 2.57. The molecule has 0 amide bonds. The molecular formula is C14H16N4OS. The van der Waals surface area contributed by atoms with E-state index in [2.05, 4.69) is 20.8 Å². The van der Waals surface area contributed by atoms with Crippen LogP contribution in [0.25, 0.3) is 0 Å². The summed E-state index contributed by atoms with van der Waals surface area (Å²) >= 11 is 5.14. The van der Waals surface area contributed by atoms with E-state index < -0.39 is 0 Å². The Hall–Kier alpha value is -2.21. The van der Waals surface area contributed by atoms with E-state index in [1.165, 1.54) is 0 Å². The maximum atomic E-state index is 5.23. The summed E-state index contributed by atoms with van der Waals surface area (Å²) in [6.07, 6.45) is 4.17. The maximum Gasteiger partial charge on any atom is 0.186 e. The third kappa shape index (κ3) is 4.47. The van der Waals surface area contributed by atoms with Crippen LogP contribution < -0.4 is 10.7 Å². The van der Waals surface area contributed by atoms with Crippen molar-refractivity contribution in [3.05, 3.63) is 54.2 Å². The summed E-state index contributed by atoms with van der Waals surface area (Å²) in [5, 5.41) is 7.73. The zero-order chi connectivity index (χ0) is 14.2. The predicted molar refractivity (Wildman–Crippen MR) is 82.6 cm³/mol. The van der Waals surface area contributed by atoms with Crippen LogP contribution in [0, 0.1) is 0 Å². The van der Waals surface area contributed by atoms with Crippen LogP contribution in [0.5, 0.6) is 0 Å². The predicted octanol–water partition coefficient (Wildman–Crippen LogP) is 2.11. The zero-order valence-corrected chi connectivity index (χ0v) is 12.0. The van der Waals surface area contributed by atoms with Crippen molar-refractivity contribution < 1.29 is 4.42 Å². The van der Waals surface area contributed by atoms with Crippen LogP contribution in [0.1, 0.15) is 18.4 Å². The highest BCUT2D eigenvalue weighted by molar-refractivity contribution is 7.80. The van der Waals surface area contributed by atoms with Crippen molar-refractivity contribution in [1.82, 2.24) is 15.7 Å². The molecule has 0 atom stereocenters. The number of hydrazone groups is 1. The van der Waals surface area contributed by atoms with Gasteiger partial charge in [-0.05, 0) is 43.4 Å². The van der Waals surface area contributed by atoms with Gasteiger partial charge in [0, 0.05) is 19.2 Å². The van der Waals surface area contributed by atoms with Gasteiger partial charge in [-0.3, -0.25) is 10.4 Å². The first-order chi connectivity index (χ1) is 9.75. The highest BCUT2D eigenvalue weighted by Gasteiger charge is 1.99. The lowest BCUT2D eigenvalue weighted by atomic mass is 10.3. The first-order valence-electron chi connectivity index (χ1n) is 6.27. The van der Waals surface area contributed by atoms with Gasteiger partial charge in [-0.15, -0.1) is 0 Å². The molecule has 2 aromatic heterocycles. The molecule has 0 aliphatic carbocycles. The van der Waals surface area contributed by atoms with Crippen molar-refractivity contribution in [2.45, 2.75) is 13.3 Å². The van der Waals surface area contributed by atoms with Crippen molar-refractivity contribution in [2.24, 2.45) is 5.10 Å². The molecule has 0 bridgehead atoms. The number of pyridine rings is 1. The van der Waals surface area contributed by atoms with Gasteiger partial charge >= 0.3 is 0 Å². The monoisotopic (exact) mass is 288 g/mol. The molecule has 0 radical (unpaired) electrons. The lowest BCUT2D eigenvalue weighted by Crippen LogP contribution is -2.33. The topological polar surface area (TPSA) is 62.5 Å². The molecule has 0 aromatic carbocycles. The van der Waals surface area contributed by atoms with Crippen LogP contribution in [-0.2, 0) is 6.42 Å². The molecule has 0 fully saturated rings. The fourth-order valence-corrected chi connectivity index (χ4v) is 1.71. The minimum atomic E-state index is 0.479. The lowest BCUT2D eigenvalue weighted by molar-refractivity contribution is 0.507. The Morgan fingerprint density at radius 1 is 1.35 bits per heavy atom. The second kappa shape index (κ2) is 7.40. The molecule has 0 unspecified atom stereocenters.